The van der Waals surface area contributed by atoms with Crippen molar-refractivity contribution in [2.75, 3.05) is 13.7 Å². The van der Waals surface area contributed by atoms with Crippen LogP contribution in [0.25, 0.3) is 11.2 Å². The van der Waals surface area contributed by atoms with Crippen LogP contribution in [0.2, 0.25) is 0 Å². The van der Waals surface area contributed by atoms with Crippen LogP contribution in [0.3, 0.4) is 0 Å². The standard InChI is InChI=1S/C17H16IN3O3/c1-10-8-23-15-4-11(3-14(22-2)16(15)24-10)7-21-9-20-13-5-12(18)6-19-17(13)21/h3-6,9-10H,7-8H2,1-2H3. The Morgan fingerprint density at radius 2 is 2.21 bits per heavy atom. The SMILES string of the molecule is COc1cc(Cn2cnc3cc(I)cnc32)cc2c1OC(C)CO2. The van der Waals surface area contributed by atoms with Crippen LogP contribution in [0.1, 0.15) is 12.5 Å². The molecule has 0 aliphatic carbocycles. The lowest BCUT2D eigenvalue weighted by atomic mass is 10.1. The van der Waals surface area contributed by atoms with E-state index < -0.39 is 0 Å². The van der Waals surface area contributed by atoms with Crippen LogP contribution in [-0.4, -0.2) is 34.4 Å². The number of fused-ring (bicyclic) bond motifs is 2. The summed E-state index contributed by atoms with van der Waals surface area (Å²) in [5.74, 6) is 2.07. The number of ether oxygens (including phenoxy) is 3. The summed E-state index contributed by atoms with van der Waals surface area (Å²) in [4.78, 5) is 8.91. The van der Waals surface area contributed by atoms with E-state index in [1.165, 1.54) is 0 Å². The fourth-order valence-corrected chi connectivity index (χ4v) is 3.21. The van der Waals surface area contributed by atoms with E-state index in [1.807, 2.05) is 35.9 Å². The first kappa shape index (κ1) is 15.5. The van der Waals surface area contributed by atoms with Gasteiger partial charge in [-0.2, -0.15) is 0 Å². The molecule has 0 amide bonds. The van der Waals surface area contributed by atoms with Gasteiger partial charge in [0.15, 0.2) is 17.1 Å². The van der Waals surface area contributed by atoms with E-state index in [4.69, 9.17) is 14.2 Å². The number of hydrogen-bond donors (Lipinski definition) is 0. The van der Waals surface area contributed by atoms with Gasteiger partial charge >= 0.3 is 0 Å². The number of rotatable bonds is 3. The summed E-state index contributed by atoms with van der Waals surface area (Å²) in [6, 6.07) is 5.98. The molecule has 0 bridgehead atoms. The fourth-order valence-electron chi connectivity index (χ4n) is 2.78. The first-order chi connectivity index (χ1) is 11.6. The predicted octanol–water partition coefficient (Wildman–Crippen LogP) is 3.25. The molecule has 3 aromatic rings. The Morgan fingerprint density at radius 1 is 1.33 bits per heavy atom. The second-order valence-corrected chi connectivity index (χ2v) is 6.98. The molecule has 0 radical (unpaired) electrons. The Hall–Kier alpha value is -2.03. The third-order valence-electron chi connectivity index (χ3n) is 3.87. The highest BCUT2D eigenvalue weighted by molar-refractivity contribution is 14.1. The maximum atomic E-state index is 5.85. The number of imidazole rings is 1. The van der Waals surface area contributed by atoms with E-state index in [0.717, 1.165) is 26.0 Å². The van der Waals surface area contributed by atoms with Crippen molar-refractivity contribution in [1.29, 1.82) is 0 Å². The van der Waals surface area contributed by atoms with Crippen molar-refractivity contribution >= 4 is 33.8 Å². The highest BCUT2D eigenvalue weighted by Gasteiger charge is 2.22. The molecule has 1 aliphatic heterocycles. The zero-order valence-electron chi connectivity index (χ0n) is 13.3. The minimum absolute atomic E-state index is 0.0153. The molecule has 1 atom stereocenters. The van der Waals surface area contributed by atoms with Gasteiger partial charge in [-0.25, -0.2) is 9.97 Å². The minimum atomic E-state index is 0.0153. The monoisotopic (exact) mass is 437 g/mol. The summed E-state index contributed by atoms with van der Waals surface area (Å²) in [5.41, 5.74) is 2.79. The average molecular weight is 437 g/mol. The van der Waals surface area contributed by atoms with Crippen LogP contribution in [0.15, 0.2) is 30.7 Å². The third-order valence-corrected chi connectivity index (χ3v) is 4.46. The Bertz CT molecular complexity index is 892. The van der Waals surface area contributed by atoms with Gasteiger partial charge in [0.05, 0.1) is 20.0 Å². The first-order valence-corrected chi connectivity index (χ1v) is 8.68. The third kappa shape index (κ3) is 2.77. The van der Waals surface area contributed by atoms with E-state index in [1.54, 1.807) is 13.4 Å². The van der Waals surface area contributed by atoms with Crippen molar-refractivity contribution in [3.63, 3.8) is 0 Å². The van der Waals surface area contributed by atoms with Crippen molar-refractivity contribution in [3.05, 3.63) is 39.9 Å². The lowest BCUT2D eigenvalue weighted by Crippen LogP contribution is -2.26. The molecule has 7 heteroatoms. The van der Waals surface area contributed by atoms with Crippen LogP contribution in [0, 0.1) is 3.57 Å². The molecule has 0 N–H and O–H groups in total. The van der Waals surface area contributed by atoms with Gasteiger partial charge in [-0.3, -0.25) is 0 Å². The van der Waals surface area contributed by atoms with Crippen molar-refractivity contribution in [1.82, 2.24) is 14.5 Å². The molecule has 0 saturated heterocycles. The van der Waals surface area contributed by atoms with Crippen LogP contribution < -0.4 is 14.2 Å². The van der Waals surface area contributed by atoms with E-state index in [2.05, 4.69) is 32.6 Å². The number of benzene rings is 1. The molecule has 0 spiro atoms. The molecule has 0 fully saturated rings. The molecule has 6 nitrogen and oxygen atoms in total. The lowest BCUT2D eigenvalue weighted by Gasteiger charge is -2.26. The van der Waals surface area contributed by atoms with Crippen molar-refractivity contribution in [3.8, 4) is 17.2 Å². The summed E-state index contributed by atoms with van der Waals surface area (Å²) in [6.07, 6.45) is 3.66. The summed E-state index contributed by atoms with van der Waals surface area (Å²) in [6.45, 7) is 3.14. The number of halogens is 1. The van der Waals surface area contributed by atoms with Gasteiger partial charge in [0, 0.05) is 9.77 Å². The molecule has 0 saturated carbocycles. The lowest BCUT2D eigenvalue weighted by molar-refractivity contribution is 0.0995. The van der Waals surface area contributed by atoms with Crippen LogP contribution in [-0.2, 0) is 6.54 Å². The van der Waals surface area contributed by atoms with Gasteiger partial charge in [0.25, 0.3) is 0 Å². The van der Waals surface area contributed by atoms with Crippen LogP contribution in [0.4, 0.5) is 0 Å². The second-order valence-electron chi connectivity index (χ2n) is 5.73. The summed E-state index contributed by atoms with van der Waals surface area (Å²) < 4.78 is 20.2. The molecule has 1 unspecified atom stereocenters. The van der Waals surface area contributed by atoms with Gasteiger partial charge in [-0.05, 0) is 53.3 Å². The van der Waals surface area contributed by atoms with Gasteiger partial charge in [-0.1, -0.05) is 0 Å². The van der Waals surface area contributed by atoms with Crippen molar-refractivity contribution in [2.45, 2.75) is 19.6 Å². The largest absolute Gasteiger partial charge is 0.493 e. The predicted molar refractivity (Wildman–Crippen MR) is 97.9 cm³/mol. The molecule has 3 heterocycles. The fraction of sp³-hybridized carbons (Fsp3) is 0.294. The molecule has 2 aromatic heterocycles. The van der Waals surface area contributed by atoms with Gasteiger partial charge in [0.1, 0.15) is 18.2 Å². The number of nitrogens with zero attached hydrogens (tertiary/aromatic N) is 3. The molecule has 24 heavy (non-hydrogen) atoms. The quantitative estimate of drug-likeness (QED) is 0.589. The molecule has 1 aromatic carbocycles. The second kappa shape index (κ2) is 6.12. The molecule has 1 aliphatic rings. The molecular weight excluding hydrogens is 421 g/mol. The van der Waals surface area contributed by atoms with E-state index in [9.17, 15) is 0 Å². The Labute approximate surface area is 152 Å². The highest BCUT2D eigenvalue weighted by atomic mass is 127. The van der Waals surface area contributed by atoms with E-state index >= 15 is 0 Å². The number of aromatic nitrogens is 3. The molecule has 4 rings (SSSR count). The van der Waals surface area contributed by atoms with Gasteiger partial charge < -0.3 is 18.8 Å². The van der Waals surface area contributed by atoms with Crippen molar-refractivity contribution < 1.29 is 14.2 Å². The van der Waals surface area contributed by atoms with E-state index in [-0.39, 0.29) is 6.10 Å². The summed E-state index contributed by atoms with van der Waals surface area (Å²) in [5, 5.41) is 0. The Morgan fingerprint density at radius 3 is 3.04 bits per heavy atom. The minimum Gasteiger partial charge on any atom is -0.493 e. The number of pyridine rings is 1. The van der Waals surface area contributed by atoms with Crippen LogP contribution >= 0.6 is 22.6 Å². The Kier molecular flexibility index (Phi) is 3.95. The van der Waals surface area contributed by atoms with Gasteiger partial charge in [0.2, 0.25) is 5.75 Å². The summed E-state index contributed by atoms with van der Waals surface area (Å²) in [7, 11) is 1.64. The Balaban J connectivity index is 1.71. The maximum Gasteiger partial charge on any atom is 0.203 e. The normalized spacial score (nSPS) is 16.4. The van der Waals surface area contributed by atoms with Gasteiger partial charge in [-0.15, -0.1) is 0 Å². The zero-order valence-corrected chi connectivity index (χ0v) is 15.5. The smallest absolute Gasteiger partial charge is 0.203 e. The highest BCUT2D eigenvalue weighted by Crippen LogP contribution is 2.41. The summed E-state index contributed by atoms with van der Waals surface area (Å²) >= 11 is 2.24. The zero-order chi connectivity index (χ0) is 16.7. The first-order valence-electron chi connectivity index (χ1n) is 7.61. The number of methoxy groups -OCH3 is 1. The van der Waals surface area contributed by atoms with Crippen molar-refractivity contribution in [2.24, 2.45) is 0 Å². The maximum absolute atomic E-state index is 5.85. The molecule has 124 valence electrons. The average Bonchev–Trinajstić information content (AvgIpc) is 2.96. The molecular formula is C17H16IN3O3. The van der Waals surface area contributed by atoms with E-state index in [0.29, 0.717) is 24.7 Å². The number of hydrogen-bond acceptors (Lipinski definition) is 5. The van der Waals surface area contributed by atoms with Crippen LogP contribution in [0.5, 0.6) is 17.2 Å². The topological polar surface area (TPSA) is 58.4 Å².